The monoisotopic (exact) mass is 293 g/mol. The van der Waals surface area contributed by atoms with Gasteiger partial charge >= 0.3 is 0 Å². The molecule has 1 aromatic rings. The molecule has 0 radical (unpaired) electrons. The molecule has 0 bridgehead atoms. The summed E-state index contributed by atoms with van der Waals surface area (Å²) in [5.41, 5.74) is -0.133. The highest BCUT2D eigenvalue weighted by atomic mass is 16.6. The molecule has 0 aliphatic heterocycles. The van der Waals surface area contributed by atoms with E-state index in [2.05, 4.69) is 12.2 Å². The number of hydrogen-bond acceptors (Lipinski definition) is 5. The Morgan fingerprint density at radius 1 is 1.10 bits per heavy atom. The van der Waals surface area contributed by atoms with E-state index in [0.29, 0.717) is 11.6 Å². The molecule has 2 atom stereocenters. The highest BCUT2D eigenvalue weighted by molar-refractivity contribution is 5.65. The van der Waals surface area contributed by atoms with Gasteiger partial charge in [-0.05, 0) is 24.8 Å². The second kappa shape index (κ2) is 6.51. The molecule has 1 fully saturated rings. The van der Waals surface area contributed by atoms with Gasteiger partial charge in [0.1, 0.15) is 5.69 Å². The Kier molecular flexibility index (Phi) is 4.72. The topological polar surface area (TPSA) is 98.3 Å². The van der Waals surface area contributed by atoms with Crippen LogP contribution in [0.15, 0.2) is 18.2 Å². The quantitative estimate of drug-likeness (QED) is 0.516. The zero-order chi connectivity index (χ0) is 15.4. The molecule has 1 aliphatic carbocycles. The lowest BCUT2D eigenvalue weighted by molar-refractivity contribution is -0.393. The van der Waals surface area contributed by atoms with E-state index < -0.39 is 9.85 Å². The maximum absolute atomic E-state index is 11.1. The first-order valence-corrected chi connectivity index (χ1v) is 7.18. The van der Waals surface area contributed by atoms with Gasteiger partial charge in [-0.3, -0.25) is 20.2 Å². The second-order valence-electron chi connectivity index (χ2n) is 5.58. The number of non-ortho nitro benzene ring substituents is 1. The van der Waals surface area contributed by atoms with Gasteiger partial charge in [0.2, 0.25) is 0 Å². The lowest BCUT2D eigenvalue weighted by Crippen LogP contribution is -2.26. The lowest BCUT2D eigenvalue weighted by atomic mass is 9.96. The van der Waals surface area contributed by atoms with Crippen LogP contribution < -0.4 is 5.32 Å². The van der Waals surface area contributed by atoms with Crippen molar-refractivity contribution in [3.8, 4) is 0 Å². The third-order valence-corrected chi connectivity index (χ3v) is 4.09. The van der Waals surface area contributed by atoms with Crippen LogP contribution in [0.3, 0.4) is 0 Å². The summed E-state index contributed by atoms with van der Waals surface area (Å²) in [4.78, 5) is 20.7. The van der Waals surface area contributed by atoms with Crippen LogP contribution in [0.25, 0.3) is 0 Å². The van der Waals surface area contributed by atoms with Crippen LogP contribution in [0.2, 0.25) is 0 Å². The molecule has 0 amide bonds. The van der Waals surface area contributed by atoms with Gasteiger partial charge < -0.3 is 5.32 Å². The van der Waals surface area contributed by atoms with Crippen molar-refractivity contribution < 1.29 is 9.85 Å². The number of nitro groups is 2. The Morgan fingerprint density at radius 2 is 1.81 bits per heavy atom. The fourth-order valence-corrected chi connectivity index (χ4v) is 2.81. The van der Waals surface area contributed by atoms with Crippen LogP contribution in [0, 0.1) is 26.1 Å². The smallest absolute Gasteiger partial charge is 0.299 e. The van der Waals surface area contributed by atoms with Crippen LogP contribution in [0.5, 0.6) is 0 Å². The van der Waals surface area contributed by atoms with E-state index in [1.165, 1.54) is 25.0 Å². The fraction of sp³-hybridized carbons (Fsp3) is 0.571. The summed E-state index contributed by atoms with van der Waals surface area (Å²) in [6, 6.07) is 3.93. The molecule has 114 valence electrons. The predicted octanol–water partition coefficient (Wildman–Crippen LogP) is 3.88. The molecule has 0 heterocycles. The van der Waals surface area contributed by atoms with Crippen LogP contribution in [-0.4, -0.2) is 15.9 Å². The number of anilines is 1. The normalized spacial score (nSPS) is 22.3. The fourth-order valence-electron chi connectivity index (χ4n) is 2.81. The number of nitro benzene ring substituents is 2. The molecule has 7 nitrogen and oxygen atoms in total. The highest BCUT2D eigenvalue weighted by Crippen LogP contribution is 2.32. The van der Waals surface area contributed by atoms with Gasteiger partial charge in [-0.1, -0.05) is 26.2 Å². The van der Waals surface area contributed by atoms with Crippen molar-refractivity contribution in [1.29, 1.82) is 0 Å². The third-order valence-electron chi connectivity index (χ3n) is 4.09. The first kappa shape index (κ1) is 15.2. The van der Waals surface area contributed by atoms with E-state index in [-0.39, 0.29) is 17.4 Å². The van der Waals surface area contributed by atoms with Crippen LogP contribution in [-0.2, 0) is 0 Å². The van der Waals surface area contributed by atoms with Crippen LogP contribution in [0.4, 0.5) is 17.1 Å². The summed E-state index contributed by atoms with van der Waals surface area (Å²) in [5.74, 6) is 0.433. The maximum atomic E-state index is 11.1. The minimum Gasteiger partial charge on any atom is -0.376 e. The molecule has 1 aromatic carbocycles. The second-order valence-corrected chi connectivity index (χ2v) is 5.58. The number of hydrogen-bond donors (Lipinski definition) is 1. The van der Waals surface area contributed by atoms with Gasteiger partial charge in [-0.25, -0.2) is 0 Å². The SMILES string of the molecule is CC1CCCCCC1Nc1ccc([N+](=O)[O-])cc1[N+](=O)[O-]. The van der Waals surface area contributed by atoms with Gasteiger partial charge in [0.05, 0.1) is 15.9 Å². The molecule has 1 N–H and O–H groups in total. The molecular formula is C14H19N3O4. The number of rotatable bonds is 4. The molecule has 2 rings (SSSR count). The zero-order valence-corrected chi connectivity index (χ0v) is 11.9. The first-order valence-electron chi connectivity index (χ1n) is 7.18. The van der Waals surface area contributed by atoms with Crippen molar-refractivity contribution in [3.63, 3.8) is 0 Å². The van der Waals surface area contributed by atoms with Crippen molar-refractivity contribution in [2.45, 2.75) is 45.1 Å². The van der Waals surface area contributed by atoms with Crippen molar-refractivity contribution >= 4 is 17.1 Å². The average Bonchev–Trinajstić information content (AvgIpc) is 2.64. The lowest BCUT2D eigenvalue weighted by Gasteiger charge is -2.23. The highest BCUT2D eigenvalue weighted by Gasteiger charge is 2.24. The minimum absolute atomic E-state index is 0.174. The first-order chi connectivity index (χ1) is 9.99. The van der Waals surface area contributed by atoms with E-state index in [1.54, 1.807) is 0 Å². The molecular weight excluding hydrogens is 274 g/mol. The predicted molar refractivity (Wildman–Crippen MR) is 79.4 cm³/mol. The summed E-state index contributed by atoms with van der Waals surface area (Å²) in [7, 11) is 0. The van der Waals surface area contributed by atoms with E-state index in [9.17, 15) is 20.2 Å². The number of nitrogens with one attached hydrogen (secondary N) is 1. The summed E-state index contributed by atoms with van der Waals surface area (Å²) in [6.07, 6.45) is 5.53. The molecule has 0 spiro atoms. The molecule has 2 unspecified atom stereocenters. The molecule has 1 aliphatic rings. The largest absolute Gasteiger partial charge is 0.376 e. The van der Waals surface area contributed by atoms with Gasteiger partial charge in [0.15, 0.2) is 0 Å². The summed E-state index contributed by atoms with van der Waals surface area (Å²) in [6.45, 7) is 2.14. The molecule has 1 saturated carbocycles. The van der Waals surface area contributed by atoms with Crippen molar-refractivity contribution in [3.05, 3.63) is 38.4 Å². The molecule has 0 aromatic heterocycles. The van der Waals surface area contributed by atoms with E-state index in [0.717, 1.165) is 25.3 Å². The van der Waals surface area contributed by atoms with Gasteiger partial charge in [0.25, 0.3) is 11.4 Å². The van der Waals surface area contributed by atoms with Crippen molar-refractivity contribution in [2.75, 3.05) is 5.32 Å². The minimum atomic E-state index is -0.620. The summed E-state index contributed by atoms with van der Waals surface area (Å²) < 4.78 is 0. The standard InChI is InChI=1S/C14H19N3O4/c1-10-5-3-2-4-6-12(10)15-13-8-7-11(16(18)19)9-14(13)17(20)21/h7-10,12,15H,2-6H2,1H3. The Morgan fingerprint density at radius 3 is 2.48 bits per heavy atom. The maximum Gasteiger partial charge on any atom is 0.299 e. The van der Waals surface area contributed by atoms with Gasteiger partial charge in [0, 0.05) is 12.1 Å². The van der Waals surface area contributed by atoms with E-state index in [4.69, 9.17) is 0 Å². The number of benzene rings is 1. The Bertz CT molecular complexity index is 547. The molecule has 21 heavy (non-hydrogen) atoms. The number of nitrogens with zero attached hydrogens (tertiary/aromatic N) is 2. The van der Waals surface area contributed by atoms with E-state index >= 15 is 0 Å². The van der Waals surface area contributed by atoms with Crippen LogP contribution >= 0.6 is 0 Å². The third kappa shape index (κ3) is 3.68. The summed E-state index contributed by atoms with van der Waals surface area (Å²) in [5, 5.41) is 25.1. The van der Waals surface area contributed by atoms with Crippen LogP contribution in [0.1, 0.15) is 39.0 Å². The summed E-state index contributed by atoms with van der Waals surface area (Å²) >= 11 is 0. The van der Waals surface area contributed by atoms with Gasteiger partial charge in [-0.15, -0.1) is 0 Å². The van der Waals surface area contributed by atoms with Gasteiger partial charge in [-0.2, -0.15) is 0 Å². The van der Waals surface area contributed by atoms with Crippen molar-refractivity contribution in [1.82, 2.24) is 0 Å². The average molecular weight is 293 g/mol. The molecule has 0 saturated heterocycles. The van der Waals surface area contributed by atoms with Crippen molar-refractivity contribution in [2.24, 2.45) is 5.92 Å². The molecule has 7 heteroatoms. The van der Waals surface area contributed by atoms with E-state index in [1.807, 2.05) is 0 Å². The Labute approximate surface area is 122 Å². The Hall–Kier alpha value is -2.18. The Balaban J connectivity index is 2.26. The zero-order valence-electron chi connectivity index (χ0n) is 11.9.